The van der Waals surface area contributed by atoms with Gasteiger partial charge in [-0.05, 0) is 55.2 Å². The van der Waals surface area contributed by atoms with Crippen LogP contribution in [0.15, 0.2) is 42.5 Å². The fraction of sp³-hybridized carbons (Fsp3) is 0.364. The van der Waals surface area contributed by atoms with Gasteiger partial charge in [0.25, 0.3) is 0 Å². The lowest BCUT2D eigenvalue weighted by molar-refractivity contribution is 0.0270. The number of amides is 1. The number of carbonyl (C=O) groups is 2. The smallest absolute Gasteiger partial charge is 0.410 e. The summed E-state index contributed by atoms with van der Waals surface area (Å²) in [7, 11) is 1.39. The Morgan fingerprint density at radius 2 is 1.74 bits per heavy atom. The molecule has 1 amide bonds. The van der Waals surface area contributed by atoms with Crippen molar-refractivity contribution in [3.63, 3.8) is 0 Å². The molecule has 5 heteroatoms. The Kier molecular flexibility index (Phi) is 5.22. The summed E-state index contributed by atoms with van der Waals surface area (Å²) in [6, 6.07) is 11.6. The Morgan fingerprint density at radius 1 is 1.04 bits per heavy atom. The van der Waals surface area contributed by atoms with Crippen LogP contribution >= 0.6 is 0 Å². The first kappa shape index (κ1) is 19.0. The van der Waals surface area contributed by atoms with Crippen LogP contribution in [0.25, 0.3) is 16.3 Å². The SMILES string of the molecule is COC(=O)c1cccc2c(C3=CCN(C(=O)OC(C)(C)C)CC3)cccc12. The van der Waals surface area contributed by atoms with Gasteiger partial charge in [0, 0.05) is 13.1 Å². The summed E-state index contributed by atoms with van der Waals surface area (Å²) < 4.78 is 10.3. The number of carbonyl (C=O) groups excluding carboxylic acids is 2. The molecule has 0 aliphatic carbocycles. The van der Waals surface area contributed by atoms with Crippen LogP contribution in [0.3, 0.4) is 0 Å². The Balaban J connectivity index is 1.89. The fourth-order valence-electron chi connectivity index (χ4n) is 3.28. The van der Waals surface area contributed by atoms with Crippen molar-refractivity contribution < 1.29 is 19.1 Å². The molecule has 1 aliphatic rings. The van der Waals surface area contributed by atoms with Gasteiger partial charge in [-0.2, -0.15) is 0 Å². The molecule has 0 bridgehead atoms. The Labute approximate surface area is 159 Å². The van der Waals surface area contributed by atoms with Crippen LogP contribution in [0.4, 0.5) is 4.79 Å². The van der Waals surface area contributed by atoms with E-state index in [1.807, 2.05) is 45.0 Å². The molecule has 0 radical (unpaired) electrons. The predicted molar refractivity (Wildman–Crippen MR) is 106 cm³/mol. The van der Waals surface area contributed by atoms with Crippen LogP contribution in [0.2, 0.25) is 0 Å². The predicted octanol–water partition coefficient (Wildman–Crippen LogP) is 4.65. The van der Waals surface area contributed by atoms with Gasteiger partial charge in [-0.25, -0.2) is 9.59 Å². The molecule has 0 saturated heterocycles. The van der Waals surface area contributed by atoms with E-state index in [0.29, 0.717) is 18.7 Å². The van der Waals surface area contributed by atoms with E-state index in [2.05, 4.69) is 12.1 Å². The molecule has 0 N–H and O–H groups in total. The molecule has 5 nitrogen and oxygen atoms in total. The maximum absolute atomic E-state index is 12.2. The summed E-state index contributed by atoms with van der Waals surface area (Å²) in [5.74, 6) is -0.341. The number of fused-ring (bicyclic) bond motifs is 1. The summed E-state index contributed by atoms with van der Waals surface area (Å²) in [5, 5.41) is 1.88. The lowest BCUT2D eigenvalue weighted by atomic mass is 9.92. The number of rotatable bonds is 2. The van der Waals surface area contributed by atoms with Gasteiger partial charge in [-0.1, -0.05) is 36.4 Å². The maximum atomic E-state index is 12.2. The standard InChI is InChI=1S/C22H25NO4/c1-22(2,3)27-21(25)23-13-11-15(12-14-23)16-7-5-9-18-17(16)8-6-10-19(18)20(24)26-4/h5-11H,12-14H2,1-4H3. The summed E-state index contributed by atoms with van der Waals surface area (Å²) in [6.07, 6.45) is 2.51. The van der Waals surface area contributed by atoms with Crippen LogP contribution in [0.1, 0.15) is 43.1 Å². The first-order chi connectivity index (χ1) is 12.8. The minimum Gasteiger partial charge on any atom is -0.465 e. The second-order valence-corrected chi connectivity index (χ2v) is 7.60. The van der Waals surface area contributed by atoms with Crippen LogP contribution in [-0.4, -0.2) is 42.8 Å². The van der Waals surface area contributed by atoms with Crippen molar-refractivity contribution in [1.29, 1.82) is 0 Å². The Bertz CT molecular complexity index is 908. The zero-order valence-electron chi connectivity index (χ0n) is 16.2. The van der Waals surface area contributed by atoms with Gasteiger partial charge in [0.05, 0.1) is 12.7 Å². The molecule has 27 heavy (non-hydrogen) atoms. The molecule has 0 fully saturated rings. The van der Waals surface area contributed by atoms with Crippen molar-refractivity contribution in [2.45, 2.75) is 32.8 Å². The van der Waals surface area contributed by atoms with E-state index < -0.39 is 5.60 Å². The number of ether oxygens (including phenoxy) is 2. The lowest BCUT2D eigenvalue weighted by Gasteiger charge is -2.30. The quantitative estimate of drug-likeness (QED) is 0.725. The van der Waals surface area contributed by atoms with Crippen LogP contribution in [0, 0.1) is 0 Å². The van der Waals surface area contributed by atoms with E-state index in [-0.39, 0.29) is 12.1 Å². The highest BCUT2D eigenvalue weighted by atomic mass is 16.6. The van der Waals surface area contributed by atoms with Gasteiger partial charge in [-0.15, -0.1) is 0 Å². The van der Waals surface area contributed by atoms with Gasteiger partial charge in [0.2, 0.25) is 0 Å². The van der Waals surface area contributed by atoms with Crippen molar-refractivity contribution in [3.05, 3.63) is 53.6 Å². The van der Waals surface area contributed by atoms with E-state index in [0.717, 1.165) is 22.8 Å². The summed E-state index contributed by atoms with van der Waals surface area (Å²) in [5.41, 5.74) is 2.31. The number of hydrogen-bond donors (Lipinski definition) is 0. The fourth-order valence-corrected chi connectivity index (χ4v) is 3.28. The highest BCUT2D eigenvalue weighted by molar-refractivity contribution is 6.07. The van der Waals surface area contributed by atoms with E-state index >= 15 is 0 Å². The van der Waals surface area contributed by atoms with E-state index in [4.69, 9.17) is 9.47 Å². The molecule has 0 atom stereocenters. The Hall–Kier alpha value is -2.82. The van der Waals surface area contributed by atoms with Gasteiger partial charge in [0.15, 0.2) is 0 Å². The molecule has 1 aliphatic heterocycles. The van der Waals surface area contributed by atoms with Crippen molar-refractivity contribution >= 4 is 28.4 Å². The topological polar surface area (TPSA) is 55.8 Å². The Morgan fingerprint density at radius 3 is 2.37 bits per heavy atom. The van der Waals surface area contributed by atoms with Crippen molar-refractivity contribution in [3.8, 4) is 0 Å². The summed E-state index contributed by atoms with van der Waals surface area (Å²) in [4.78, 5) is 26.0. The monoisotopic (exact) mass is 367 g/mol. The number of esters is 1. The molecule has 142 valence electrons. The number of hydrogen-bond acceptors (Lipinski definition) is 4. The molecule has 2 aromatic carbocycles. The number of methoxy groups -OCH3 is 1. The van der Waals surface area contributed by atoms with Gasteiger partial charge in [0.1, 0.15) is 5.60 Å². The summed E-state index contributed by atoms with van der Waals surface area (Å²) >= 11 is 0. The molecule has 0 saturated carbocycles. The molecule has 0 aromatic heterocycles. The highest BCUT2D eigenvalue weighted by Gasteiger charge is 2.24. The number of nitrogens with zero attached hydrogens (tertiary/aromatic N) is 1. The average molecular weight is 367 g/mol. The maximum Gasteiger partial charge on any atom is 0.410 e. The molecule has 2 aromatic rings. The first-order valence-corrected chi connectivity index (χ1v) is 9.07. The third kappa shape index (κ3) is 4.13. The van der Waals surface area contributed by atoms with Gasteiger partial charge >= 0.3 is 12.1 Å². The molecule has 3 rings (SSSR count). The zero-order valence-corrected chi connectivity index (χ0v) is 16.2. The van der Waals surface area contributed by atoms with E-state index in [9.17, 15) is 9.59 Å². The van der Waals surface area contributed by atoms with Crippen LogP contribution in [0.5, 0.6) is 0 Å². The molecule has 1 heterocycles. The lowest BCUT2D eigenvalue weighted by Crippen LogP contribution is -2.39. The third-order valence-electron chi connectivity index (χ3n) is 4.53. The van der Waals surface area contributed by atoms with Crippen molar-refractivity contribution in [2.24, 2.45) is 0 Å². The molecular formula is C22H25NO4. The average Bonchev–Trinajstić information content (AvgIpc) is 2.65. The van der Waals surface area contributed by atoms with E-state index in [1.165, 1.54) is 12.7 Å². The molecular weight excluding hydrogens is 342 g/mol. The van der Waals surface area contributed by atoms with E-state index in [1.54, 1.807) is 11.0 Å². The normalized spacial score (nSPS) is 14.7. The second kappa shape index (κ2) is 7.43. The zero-order chi connectivity index (χ0) is 19.6. The molecule has 0 unspecified atom stereocenters. The minimum atomic E-state index is -0.499. The molecule has 0 spiro atoms. The van der Waals surface area contributed by atoms with Crippen molar-refractivity contribution in [2.75, 3.05) is 20.2 Å². The van der Waals surface area contributed by atoms with Gasteiger partial charge in [-0.3, -0.25) is 0 Å². The second-order valence-electron chi connectivity index (χ2n) is 7.60. The minimum absolute atomic E-state index is 0.288. The number of benzene rings is 2. The first-order valence-electron chi connectivity index (χ1n) is 9.07. The van der Waals surface area contributed by atoms with Crippen LogP contribution in [-0.2, 0) is 9.47 Å². The van der Waals surface area contributed by atoms with Gasteiger partial charge < -0.3 is 14.4 Å². The van der Waals surface area contributed by atoms with Crippen LogP contribution < -0.4 is 0 Å². The third-order valence-corrected chi connectivity index (χ3v) is 4.53. The largest absolute Gasteiger partial charge is 0.465 e. The summed E-state index contributed by atoms with van der Waals surface area (Å²) in [6.45, 7) is 6.71. The highest BCUT2D eigenvalue weighted by Crippen LogP contribution is 2.31. The van der Waals surface area contributed by atoms with Crippen molar-refractivity contribution in [1.82, 2.24) is 4.90 Å².